The van der Waals surface area contributed by atoms with E-state index in [1.807, 2.05) is 32.9 Å². The SMILES string of the molecule is Cc1ccc(C(C)C)cc1OCCNC(=O)[C@@H]1CC(=O)N[C@H](CC(C)C)C(=O)N(C)CCOc2ccccc2C(=O)N1. The Bertz CT molecular complexity index is 1260. The maximum Gasteiger partial charge on any atom is 0.255 e. The number of amides is 4. The van der Waals surface area contributed by atoms with Crippen molar-refractivity contribution in [3.8, 4) is 11.5 Å². The minimum absolute atomic E-state index is 0.137. The second-order valence-electron chi connectivity index (χ2n) is 11.4. The molecule has 4 amide bonds. The van der Waals surface area contributed by atoms with Gasteiger partial charge in [0.2, 0.25) is 17.7 Å². The van der Waals surface area contributed by atoms with Crippen molar-refractivity contribution in [1.82, 2.24) is 20.9 Å². The normalized spacial score (nSPS) is 18.5. The fourth-order valence-corrected chi connectivity index (χ4v) is 4.62. The van der Waals surface area contributed by atoms with Crippen LogP contribution >= 0.6 is 0 Å². The molecule has 0 bridgehead atoms. The van der Waals surface area contributed by atoms with Crippen molar-refractivity contribution in [2.45, 2.75) is 65.5 Å². The quantitative estimate of drug-likeness (QED) is 0.412. The van der Waals surface area contributed by atoms with Crippen LogP contribution in [0.3, 0.4) is 0 Å². The minimum Gasteiger partial charge on any atom is -0.491 e. The molecule has 0 radical (unpaired) electrons. The zero-order chi connectivity index (χ0) is 30.8. The number of likely N-dealkylation sites (N-methyl/N-ethyl adjacent to an activating group) is 1. The lowest BCUT2D eigenvalue weighted by molar-refractivity contribution is -0.136. The molecule has 0 spiro atoms. The van der Waals surface area contributed by atoms with E-state index >= 15 is 0 Å². The largest absolute Gasteiger partial charge is 0.491 e. The molecule has 3 N–H and O–H groups in total. The minimum atomic E-state index is -1.19. The molecule has 0 unspecified atom stereocenters. The first kappa shape index (κ1) is 32.4. The third-order valence-corrected chi connectivity index (χ3v) is 7.08. The molecule has 228 valence electrons. The number of carbonyl (C=O) groups excluding carboxylic acids is 4. The summed E-state index contributed by atoms with van der Waals surface area (Å²) in [6.07, 6.45) is 0.0825. The van der Waals surface area contributed by atoms with Gasteiger partial charge in [0.05, 0.1) is 25.1 Å². The fourth-order valence-electron chi connectivity index (χ4n) is 4.62. The number of hydrogen-bond donors (Lipinski definition) is 3. The van der Waals surface area contributed by atoms with Crippen LogP contribution in [0, 0.1) is 12.8 Å². The van der Waals surface area contributed by atoms with Crippen molar-refractivity contribution in [3.63, 3.8) is 0 Å². The second kappa shape index (κ2) is 15.2. The van der Waals surface area contributed by atoms with Crippen LogP contribution in [0.2, 0.25) is 0 Å². The van der Waals surface area contributed by atoms with E-state index in [-0.39, 0.29) is 50.1 Å². The summed E-state index contributed by atoms with van der Waals surface area (Å²) >= 11 is 0. The molecule has 3 rings (SSSR count). The summed E-state index contributed by atoms with van der Waals surface area (Å²) in [5.41, 5.74) is 2.36. The number of fused-ring (bicyclic) bond motifs is 1. The number of nitrogens with zero attached hydrogens (tertiary/aromatic N) is 1. The van der Waals surface area contributed by atoms with Crippen molar-refractivity contribution in [3.05, 3.63) is 59.2 Å². The van der Waals surface area contributed by atoms with Crippen LogP contribution in [0.25, 0.3) is 0 Å². The molecule has 0 aromatic heterocycles. The summed E-state index contributed by atoms with van der Waals surface area (Å²) in [6, 6.07) is 10.8. The molecule has 0 aliphatic carbocycles. The Morgan fingerprint density at radius 1 is 1.10 bits per heavy atom. The van der Waals surface area contributed by atoms with Crippen LogP contribution in [0.5, 0.6) is 11.5 Å². The number of hydrogen-bond acceptors (Lipinski definition) is 6. The number of ether oxygens (including phenoxy) is 2. The van der Waals surface area contributed by atoms with E-state index in [4.69, 9.17) is 9.47 Å². The molecule has 2 aromatic carbocycles. The standard InChI is InChI=1S/C32H44N4O6/c1-20(2)17-26-32(40)36(6)14-16-42-27-10-8-7-9-24(27)30(38)35-25(19-29(37)34-26)31(39)33-13-15-41-28-18-23(21(3)4)12-11-22(28)5/h7-12,18,20-21,25-26H,13-17,19H2,1-6H3,(H,33,39)(H,34,37)(H,35,38)/t25-,26+/m0/s1. The monoisotopic (exact) mass is 580 g/mol. The first-order chi connectivity index (χ1) is 20.0. The van der Waals surface area contributed by atoms with Crippen molar-refractivity contribution in [2.75, 3.05) is 33.4 Å². The highest BCUT2D eigenvalue weighted by atomic mass is 16.5. The molecule has 0 saturated heterocycles. The zero-order valence-electron chi connectivity index (χ0n) is 25.5. The van der Waals surface area contributed by atoms with Gasteiger partial charge in [-0.15, -0.1) is 0 Å². The van der Waals surface area contributed by atoms with E-state index in [0.29, 0.717) is 18.1 Å². The predicted molar refractivity (Wildman–Crippen MR) is 161 cm³/mol. The Morgan fingerprint density at radius 2 is 1.83 bits per heavy atom. The highest BCUT2D eigenvalue weighted by Crippen LogP contribution is 2.24. The van der Waals surface area contributed by atoms with Gasteiger partial charge in [-0.25, -0.2) is 0 Å². The Hall–Kier alpha value is -4.08. The number of para-hydroxylation sites is 1. The number of benzene rings is 2. The number of aryl methyl sites for hydroxylation is 1. The van der Waals surface area contributed by atoms with Crippen LogP contribution in [0.1, 0.15) is 67.9 Å². The lowest BCUT2D eigenvalue weighted by Crippen LogP contribution is -2.53. The third-order valence-electron chi connectivity index (χ3n) is 7.08. The van der Waals surface area contributed by atoms with Gasteiger partial charge in [-0.1, -0.05) is 52.0 Å². The fraction of sp³-hybridized carbons (Fsp3) is 0.500. The van der Waals surface area contributed by atoms with E-state index < -0.39 is 29.8 Å². The summed E-state index contributed by atoms with van der Waals surface area (Å²) in [5, 5.41) is 8.25. The molecule has 2 aromatic rings. The zero-order valence-corrected chi connectivity index (χ0v) is 25.5. The first-order valence-corrected chi connectivity index (χ1v) is 14.5. The summed E-state index contributed by atoms with van der Waals surface area (Å²) in [4.78, 5) is 54.4. The van der Waals surface area contributed by atoms with Gasteiger partial charge in [0, 0.05) is 7.05 Å². The summed E-state index contributed by atoms with van der Waals surface area (Å²) in [5.74, 6) is -0.292. The summed E-state index contributed by atoms with van der Waals surface area (Å²) in [6.45, 7) is 10.9. The van der Waals surface area contributed by atoms with Gasteiger partial charge in [0.15, 0.2) is 0 Å². The molecule has 10 heteroatoms. The third kappa shape index (κ3) is 9.22. The highest BCUT2D eigenvalue weighted by Gasteiger charge is 2.30. The van der Waals surface area contributed by atoms with Crippen LogP contribution in [-0.4, -0.2) is 74.0 Å². The van der Waals surface area contributed by atoms with Crippen molar-refractivity contribution < 1.29 is 28.7 Å². The highest BCUT2D eigenvalue weighted by molar-refractivity contribution is 6.01. The molecule has 2 atom stereocenters. The van der Waals surface area contributed by atoms with Gasteiger partial charge in [0.25, 0.3) is 5.91 Å². The molecular weight excluding hydrogens is 536 g/mol. The topological polar surface area (TPSA) is 126 Å². The molecule has 42 heavy (non-hydrogen) atoms. The molecule has 1 aliphatic heterocycles. The van der Waals surface area contributed by atoms with Crippen molar-refractivity contribution in [1.29, 1.82) is 0 Å². The van der Waals surface area contributed by atoms with Crippen LogP contribution < -0.4 is 25.4 Å². The average Bonchev–Trinajstić information content (AvgIpc) is 2.94. The van der Waals surface area contributed by atoms with Gasteiger partial charge in [-0.2, -0.15) is 0 Å². The molecular formula is C32H44N4O6. The molecule has 10 nitrogen and oxygen atoms in total. The summed E-state index contributed by atoms with van der Waals surface area (Å²) < 4.78 is 11.8. The van der Waals surface area contributed by atoms with E-state index in [9.17, 15) is 19.2 Å². The van der Waals surface area contributed by atoms with Crippen molar-refractivity contribution in [2.24, 2.45) is 5.92 Å². The Balaban J connectivity index is 1.76. The van der Waals surface area contributed by atoms with Crippen molar-refractivity contribution >= 4 is 23.6 Å². The maximum atomic E-state index is 13.3. The van der Waals surface area contributed by atoms with Crippen LogP contribution in [-0.2, 0) is 14.4 Å². The Kier molecular flexibility index (Phi) is 11.8. The first-order valence-electron chi connectivity index (χ1n) is 14.5. The van der Waals surface area contributed by atoms with Crippen LogP contribution in [0.15, 0.2) is 42.5 Å². The summed E-state index contributed by atoms with van der Waals surface area (Å²) in [7, 11) is 1.65. The lowest BCUT2D eigenvalue weighted by Gasteiger charge is -2.27. The average molecular weight is 581 g/mol. The molecule has 0 fully saturated rings. The van der Waals surface area contributed by atoms with E-state index in [1.54, 1.807) is 31.3 Å². The van der Waals surface area contributed by atoms with Gasteiger partial charge in [-0.05, 0) is 54.5 Å². The van der Waals surface area contributed by atoms with Gasteiger partial charge in [-0.3, -0.25) is 19.2 Å². The number of carbonyl (C=O) groups is 4. The predicted octanol–water partition coefficient (Wildman–Crippen LogP) is 3.18. The Labute approximate surface area is 248 Å². The maximum absolute atomic E-state index is 13.3. The van der Waals surface area contributed by atoms with E-state index in [0.717, 1.165) is 16.9 Å². The number of rotatable bonds is 8. The lowest BCUT2D eigenvalue weighted by atomic mass is 10.0. The van der Waals surface area contributed by atoms with Crippen LogP contribution in [0.4, 0.5) is 0 Å². The smallest absolute Gasteiger partial charge is 0.255 e. The Morgan fingerprint density at radius 3 is 2.55 bits per heavy atom. The van der Waals surface area contributed by atoms with Gasteiger partial charge < -0.3 is 30.3 Å². The molecule has 0 saturated carbocycles. The second-order valence-corrected chi connectivity index (χ2v) is 11.4. The molecule has 1 aliphatic rings. The van der Waals surface area contributed by atoms with Gasteiger partial charge >= 0.3 is 0 Å². The molecule has 1 heterocycles. The van der Waals surface area contributed by atoms with E-state index in [1.165, 1.54) is 4.90 Å². The number of nitrogens with one attached hydrogen (secondary N) is 3. The van der Waals surface area contributed by atoms with Gasteiger partial charge in [0.1, 0.15) is 36.8 Å². The van der Waals surface area contributed by atoms with E-state index in [2.05, 4.69) is 35.9 Å².